The molecule has 102 valence electrons. The molecule has 2 rings (SSSR count). The number of nitro groups is 1. The molecule has 0 saturated carbocycles. The molecule has 2 aromatic rings. The normalized spacial score (nSPS) is 10.1. The Balaban J connectivity index is 2.35. The number of aromatic nitrogens is 1. The Morgan fingerprint density at radius 1 is 1.30 bits per heavy atom. The lowest BCUT2D eigenvalue weighted by Gasteiger charge is -2.07. The van der Waals surface area contributed by atoms with E-state index in [-0.39, 0.29) is 27.1 Å². The molecule has 1 amide bonds. The zero-order chi connectivity index (χ0) is 14.7. The molecule has 0 radical (unpaired) electrons. The zero-order valence-electron chi connectivity index (χ0n) is 9.84. The summed E-state index contributed by atoms with van der Waals surface area (Å²) in [6.07, 6.45) is 1.46. The first kappa shape index (κ1) is 14.2. The number of carbonyl (C=O) groups is 1. The van der Waals surface area contributed by atoms with Crippen molar-refractivity contribution in [2.24, 2.45) is 0 Å². The maximum absolute atomic E-state index is 12.1. The molecule has 1 heterocycles. The Labute approximate surface area is 123 Å². The summed E-state index contributed by atoms with van der Waals surface area (Å²) in [5.74, 6) is -0.664. The summed E-state index contributed by atoms with van der Waals surface area (Å²) in [7, 11) is 0. The van der Waals surface area contributed by atoms with Gasteiger partial charge in [-0.15, -0.1) is 0 Å². The van der Waals surface area contributed by atoms with Gasteiger partial charge in [0.1, 0.15) is 5.56 Å². The average Bonchev–Trinajstić information content (AvgIpc) is 2.41. The van der Waals surface area contributed by atoms with E-state index >= 15 is 0 Å². The summed E-state index contributed by atoms with van der Waals surface area (Å²) < 4.78 is 0. The van der Waals surface area contributed by atoms with Crippen LogP contribution in [0.3, 0.4) is 0 Å². The van der Waals surface area contributed by atoms with Crippen LogP contribution in [0.25, 0.3) is 0 Å². The molecule has 0 fully saturated rings. The summed E-state index contributed by atoms with van der Waals surface area (Å²) in [6.45, 7) is 0. The number of amides is 1. The van der Waals surface area contributed by atoms with Gasteiger partial charge in [-0.3, -0.25) is 14.9 Å². The van der Waals surface area contributed by atoms with E-state index in [1.54, 1.807) is 6.07 Å². The molecule has 0 aliphatic rings. The zero-order valence-corrected chi connectivity index (χ0v) is 11.4. The fourth-order valence-corrected chi connectivity index (χ4v) is 1.85. The fourth-order valence-electron chi connectivity index (χ4n) is 1.52. The van der Waals surface area contributed by atoms with E-state index in [9.17, 15) is 14.9 Å². The first-order valence-electron chi connectivity index (χ1n) is 5.35. The number of pyridine rings is 1. The van der Waals surface area contributed by atoms with Gasteiger partial charge in [0.05, 0.1) is 10.6 Å². The number of nitro benzene ring substituents is 1. The van der Waals surface area contributed by atoms with Crippen LogP contribution in [-0.2, 0) is 0 Å². The van der Waals surface area contributed by atoms with Crippen molar-refractivity contribution in [3.63, 3.8) is 0 Å². The molecule has 0 atom stereocenters. The van der Waals surface area contributed by atoms with Crippen molar-refractivity contribution in [1.82, 2.24) is 4.98 Å². The molecule has 0 unspecified atom stereocenters. The molecular weight excluding hydrogens is 305 g/mol. The van der Waals surface area contributed by atoms with E-state index in [2.05, 4.69) is 10.3 Å². The number of hydrogen-bond donors (Lipinski definition) is 1. The molecule has 0 spiro atoms. The molecule has 1 aromatic heterocycles. The molecule has 1 N–H and O–H groups in total. The third-order valence-corrected chi connectivity index (χ3v) is 2.94. The van der Waals surface area contributed by atoms with Gasteiger partial charge in [-0.05, 0) is 24.3 Å². The number of benzene rings is 1. The maximum atomic E-state index is 12.1. The van der Waals surface area contributed by atoms with Crippen molar-refractivity contribution in [3.8, 4) is 0 Å². The van der Waals surface area contributed by atoms with E-state index in [0.717, 1.165) is 6.07 Å². The molecule has 0 aliphatic carbocycles. The lowest BCUT2D eigenvalue weighted by molar-refractivity contribution is -0.385. The second-order valence-electron chi connectivity index (χ2n) is 3.71. The molecule has 0 aliphatic heterocycles. The summed E-state index contributed by atoms with van der Waals surface area (Å²) in [6, 6.07) is 6.91. The van der Waals surface area contributed by atoms with Crippen LogP contribution in [0.1, 0.15) is 10.4 Å². The smallest absolute Gasteiger partial charge is 0.283 e. The van der Waals surface area contributed by atoms with Crippen LogP contribution in [0.2, 0.25) is 10.2 Å². The minimum absolute atomic E-state index is 0.0949. The van der Waals surface area contributed by atoms with E-state index < -0.39 is 10.8 Å². The van der Waals surface area contributed by atoms with Gasteiger partial charge in [-0.25, -0.2) is 4.98 Å². The number of nitrogens with one attached hydrogen (secondary N) is 1. The summed E-state index contributed by atoms with van der Waals surface area (Å²) in [5.41, 5.74) is -0.224. The van der Waals surface area contributed by atoms with Gasteiger partial charge in [-0.1, -0.05) is 23.2 Å². The van der Waals surface area contributed by atoms with Crippen LogP contribution in [0.15, 0.2) is 36.5 Å². The minimum Gasteiger partial charge on any atom is -0.319 e. The van der Waals surface area contributed by atoms with Crippen molar-refractivity contribution in [1.29, 1.82) is 0 Å². The van der Waals surface area contributed by atoms with Gasteiger partial charge < -0.3 is 5.32 Å². The van der Waals surface area contributed by atoms with Gasteiger partial charge in [0.15, 0.2) is 5.15 Å². The summed E-state index contributed by atoms with van der Waals surface area (Å²) in [4.78, 5) is 26.1. The van der Waals surface area contributed by atoms with Crippen LogP contribution < -0.4 is 5.32 Å². The van der Waals surface area contributed by atoms with Crippen LogP contribution in [0.5, 0.6) is 0 Å². The van der Waals surface area contributed by atoms with E-state index in [4.69, 9.17) is 23.2 Å². The van der Waals surface area contributed by atoms with Gasteiger partial charge in [0, 0.05) is 17.3 Å². The molecule has 0 saturated heterocycles. The third kappa shape index (κ3) is 3.04. The Morgan fingerprint density at radius 3 is 2.70 bits per heavy atom. The highest BCUT2D eigenvalue weighted by Gasteiger charge is 2.21. The second kappa shape index (κ2) is 5.85. The quantitative estimate of drug-likeness (QED) is 0.533. The first-order valence-corrected chi connectivity index (χ1v) is 6.10. The monoisotopic (exact) mass is 311 g/mol. The average molecular weight is 312 g/mol. The Kier molecular flexibility index (Phi) is 4.16. The van der Waals surface area contributed by atoms with Gasteiger partial charge in [0.25, 0.3) is 11.6 Å². The fraction of sp³-hybridized carbons (Fsp3) is 0. The number of rotatable bonds is 3. The van der Waals surface area contributed by atoms with Crippen LogP contribution in [0, 0.1) is 10.1 Å². The number of carbonyl (C=O) groups excluding carboxylic acids is 1. The highest BCUT2D eigenvalue weighted by atomic mass is 35.5. The largest absolute Gasteiger partial charge is 0.319 e. The molecule has 0 bridgehead atoms. The maximum Gasteiger partial charge on any atom is 0.283 e. The van der Waals surface area contributed by atoms with Crippen molar-refractivity contribution in [2.75, 3.05) is 5.32 Å². The topological polar surface area (TPSA) is 85.1 Å². The predicted octanol–water partition coefficient (Wildman–Crippen LogP) is 3.55. The highest BCUT2D eigenvalue weighted by Crippen LogP contribution is 2.25. The van der Waals surface area contributed by atoms with Gasteiger partial charge in [0.2, 0.25) is 0 Å². The lowest BCUT2D eigenvalue weighted by atomic mass is 10.1. The van der Waals surface area contributed by atoms with E-state index in [1.165, 1.54) is 24.4 Å². The van der Waals surface area contributed by atoms with Crippen molar-refractivity contribution < 1.29 is 9.72 Å². The SMILES string of the molecule is O=C(Nc1cccnc1Cl)c1ccc(Cl)cc1[N+](=O)[O-]. The van der Waals surface area contributed by atoms with Crippen LogP contribution in [0.4, 0.5) is 11.4 Å². The Morgan fingerprint density at radius 2 is 2.05 bits per heavy atom. The van der Waals surface area contributed by atoms with Crippen molar-refractivity contribution >= 4 is 40.5 Å². The Hall–Kier alpha value is -2.18. The number of nitrogens with zero attached hydrogens (tertiary/aromatic N) is 2. The van der Waals surface area contributed by atoms with Crippen LogP contribution >= 0.6 is 23.2 Å². The first-order chi connectivity index (χ1) is 9.49. The second-order valence-corrected chi connectivity index (χ2v) is 4.51. The van der Waals surface area contributed by atoms with Gasteiger partial charge >= 0.3 is 0 Å². The number of halogens is 2. The highest BCUT2D eigenvalue weighted by molar-refractivity contribution is 6.33. The molecule has 20 heavy (non-hydrogen) atoms. The third-order valence-electron chi connectivity index (χ3n) is 2.41. The molecule has 8 heteroatoms. The van der Waals surface area contributed by atoms with E-state index in [0.29, 0.717) is 0 Å². The molecule has 1 aromatic carbocycles. The standard InChI is InChI=1S/C12H7Cl2N3O3/c13-7-3-4-8(10(6-7)17(19)20)12(18)16-9-2-1-5-15-11(9)14/h1-6H,(H,16,18). The Bertz CT molecular complexity index is 691. The number of anilines is 1. The lowest BCUT2D eigenvalue weighted by Crippen LogP contribution is -2.14. The minimum atomic E-state index is -0.675. The molecule has 6 nitrogen and oxygen atoms in total. The predicted molar refractivity (Wildman–Crippen MR) is 75.3 cm³/mol. The van der Waals surface area contributed by atoms with E-state index in [1.807, 2.05) is 0 Å². The molecular formula is C12H7Cl2N3O3. The van der Waals surface area contributed by atoms with Crippen LogP contribution in [-0.4, -0.2) is 15.8 Å². The summed E-state index contributed by atoms with van der Waals surface area (Å²) in [5, 5.41) is 13.7. The van der Waals surface area contributed by atoms with Crippen molar-refractivity contribution in [2.45, 2.75) is 0 Å². The summed E-state index contributed by atoms with van der Waals surface area (Å²) >= 11 is 11.5. The number of hydrogen-bond acceptors (Lipinski definition) is 4. The van der Waals surface area contributed by atoms with Gasteiger partial charge in [-0.2, -0.15) is 0 Å². The van der Waals surface area contributed by atoms with Crippen molar-refractivity contribution in [3.05, 3.63) is 62.4 Å².